The summed E-state index contributed by atoms with van der Waals surface area (Å²) in [6.45, 7) is 7.01. The zero-order valence-corrected chi connectivity index (χ0v) is 9.16. The average Bonchev–Trinajstić information content (AvgIpc) is 2.13. The zero-order chi connectivity index (χ0) is 10.7. The molecule has 0 radical (unpaired) electrons. The summed E-state index contributed by atoms with van der Waals surface area (Å²) in [4.78, 5) is 13.3. The summed E-state index contributed by atoms with van der Waals surface area (Å²) in [5.74, 6) is 0.0545. The summed E-state index contributed by atoms with van der Waals surface area (Å²) >= 11 is 0. The van der Waals surface area contributed by atoms with E-state index in [-0.39, 0.29) is 18.1 Å². The van der Waals surface area contributed by atoms with Gasteiger partial charge in [-0.2, -0.15) is 0 Å². The van der Waals surface area contributed by atoms with Crippen molar-refractivity contribution in [2.75, 3.05) is 13.1 Å². The first-order chi connectivity index (χ1) is 6.54. The Hall–Kier alpha value is -0.610. The van der Waals surface area contributed by atoms with Crippen LogP contribution in [-0.4, -0.2) is 47.2 Å². The van der Waals surface area contributed by atoms with Crippen molar-refractivity contribution in [2.45, 2.75) is 45.4 Å². The predicted molar refractivity (Wildman–Crippen MR) is 54.9 cm³/mol. The third kappa shape index (κ3) is 2.69. The highest BCUT2D eigenvalue weighted by molar-refractivity contribution is 5.79. The van der Waals surface area contributed by atoms with Crippen LogP contribution in [0.2, 0.25) is 0 Å². The standard InChI is InChI=1S/C10H20N2O2/c1-4-9(13)5-12-6-10(14)11-7(2)8(12)3/h7-9,13H,4-6H2,1-3H3,(H,11,14). The molecule has 1 rings (SSSR count). The maximum Gasteiger partial charge on any atom is 0.234 e. The highest BCUT2D eigenvalue weighted by Gasteiger charge is 2.29. The summed E-state index contributed by atoms with van der Waals surface area (Å²) in [5.41, 5.74) is 0. The van der Waals surface area contributed by atoms with Crippen molar-refractivity contribution in [2.24, 2.45) is 0 Å². The lowest BCUT2D eigenvalue weighted by molar-refractivity contribution is -0.127. The summed E-state index contributed by atoms with van der Waals surface area (Å²) in [6, 6.07) is 0.467. The van der Waals surface area contributed by atoms with Crippen molar-refractivity contribution in [3.05, 3.63) is 0 Å². The molecule has 0 spiro atoms. The van der Waals surface area contributed by atoms with Crippen molar-refractivity contribution in [3.8, 4) is 0 Å². The van der Waals surface area contributed by atoms with Crippen LogP contribution >= 0.6 is 0 Å². The van der Waals surface area contributed by atoms with Crippen LogP contribution < -0.4 is 5.32 Å². The fourth-order valence-corrected chi connectivity index (χ4v) is 1.70. The molecule has 14 heavy (non-hydrogen) atoms. The van der Waals surface area contributed by atoms with E-state index in [4.69, 9.17) is 0 Å². The molecule has 1 aliphatic heterocycles. The third-order valence-electron chi connectivity index (χ3n) is 2.95. The van der Waals surface area contributed by atoms with Crippen molar-refractivity contribution < 1.29 is 9.90 Å². The van der Waals surface area contributed by atoms with Crippen molar-refractivity contribution in [1.82, 2.24) is 10.2 Å². The molecule has 3 unspecified atom stereocenters. The van der Waals surface area contributed by atoms with Crippen LogP contribution in [0.3, 0.4) is 0 Å². The number of carbonyl (C=O) groups excluding carboxylic acids is 1. The van der Waals surface area contributed by atoms with Gasteiger partial charge in [0.25, 0.3) is 0 Å². The van der Waals surface area contributed by atoms with E-state index in [0.717, 1.165) is 6.42 Å². The van der Waals surface area contributed by atoms with E-state index < -0.39 is 0 Å². The molecule has 82 valence electrons. The first-order valence-electron chi connectivity index (χ1n) is 5.26. The molecule has 1 aliphatic rings. The van der Waals surface area contributed by atoms with E-state index in [1.165, 1.54) is 0 Å². The van der Waals surface area contributed by atoms with Gasteiger partial charge in [0.2, 0.25) is 5.91 Å². The molecule has 4 heteroatoms. The molecule has 0 aromatic carbocycles. The second-order valence-electron chi connectivity index (χ2n) is 4.09. The Balaban J connectivity index is 2.53. The van der Waals surface area contributed by atoms with Gasteiger partial charge in [0, 0.05) is 18.6 Å². The SMILES string of the molecule is CCC(O)CN1CC(=O)NC(C)C1C. The van der Waals surface area contributed by atoms with E-state index in [0.29, 0.717) is 19.1 Å². The monoisotopic (exact) mass is 200 g/mol. The van der Waals surface area contributed by atoms with Crippen LogP contribution in [0.5, 0.6) is 0 Å². The summed E-state index contributed by atoms with van der Waals surface area (Å²) in [7, 11) is 0. The minimum absolute atomic E-state index is 0.0545. The van der Waals surface area contributed by atoms with Gasteiger partial charge in [0.05, 0.1) is 12.6 Å². The predicted octanol–water partition coefficient (Wildman–Crippen LogP) is -0.0339. The smallest absolute Gasteiger partial charge is 0.234 e. The minimum atomic E-state index is -0.324. The fraction of sp³-hybridized carbons (Fsp3) is 0.900. The van der Waals surface area contributed by atoms with Gasteiger partial charge in [0.1, 0.15) is 0 Å². The Morgan fingerprint density at radius 3 is 2.86 bits per heavy atom. The van der Waals surface area contributed by atoms with E-state index >= 15 is 0 Å². The van der Waals surface area contributed by atoms with Crippen LogP contribution in [0, 0.1) is 0 Å². The lowest BCUT2D eigenvalue weighted by atomic mass is 10.1. The number of rotatable bonds is 3. The van der Waals surface area contributed by atoms with Gasteiger partial charge in [0.15, 0.2) is 0 Å². The molecule has 1 fully saturated rings. The lowest BCUT2D eigenvalue weighted by Crippen LogP contribution is -2.59. The van der Waals surface area contributed by atoms with Gasteiger partial charge in [-0.1, -0.05) is 6.92 Å². The van der Waals surface area contributed by atoms with Crippen LogP contribution in [0.25, 0.3) is 0 Å². The minimum Gasteiger partial charge on any atom is -0.392 e. The molecule has 0 saturated carbocycles. The maximum absolute atomic E-state index is 11.3. The molecule has 4 nitrogen and oxygen atoms in total. The zero-order valence-electron chi connectivity index (χ0n) is 9.16. The van der Waals surface area contributed by atoms with Crippen LogP contribution in [0.1, 0.15) is 27.2 Å². The number of carbonyl (C=O) groups is 1. The van der Waals surface area contributed by atoms with E-state index in [1.807, 2.05) is 18.7 Å². The number of hydrogen-bond donors (Lipinski definition) is 2. The first kappa shape index (κ1) is 11.5. The molecule has 0 aromatic heterocycles. The molecule has 1 saturated heterocycles. The van der Waals surface area contributed by atoms with Gasteiger partial charge in [-0.15, -0.1) is 0 Å². The van der Waals surface area contributed by atoms with E-state index in [2.05, 4.69) is 12.2 Å². The van der Waals surface area contributed by atoms with Gasteiger partial charge >= 0.3 is 0 Å². The molecular weight excluding hydrogens is 180 g/mol. The van der Waals surface area contributed by atoms with Crippen molar-refractivity contribution in [1.29, 1.82) is 0 Å². The quantitative estimate of drug-likeness (QED) is 0.672. The topological polar surface area (TPSA) is 52.6 Å². The van der Waals surface area contributed by atoms with E-state index in [1.54, 1.807) is 0 Å². The highest BCUT2D eigenvalue weighted by Crippen LogP contribution is 2.10. The molecule has 1 amide bonds. The van der Waals surface area contributed by atoms with Crippen LogP contribution in [-0.2, 0) is 4.79 Å². The molecule has 0 aliphatic carbocycles. The number of β-amino-alcohol motifs (C(OH)–C–C–N with tert-alkyl or cyclic N) is 1. The molecule has 2 N–H and O–H groups in total. The molecule has 3 atom stereocenters. The summed E-state index contributed by atoms with van der Waals surface area (Å²) < 4.78 is 0. The Kier molecular flexibility index (Phi) is 3.89. The Morgan fingerprint density at radius 1 is 1.64 bits per heavy atom. The van der Waals surface area contributed by atoms with Crippen LogP contribution in [0.4, 0.5) is 0 Å². The normalized spacial score (nSPS) is 31.3. The first-order valence-corrected chi connectivity index (χ1v) is 5.26. The van der Waals surface area contributed by atoms with Crippen molar-refractivity contribution >= 4 is 5.91 Å². The maximum atomic E-state index is 11.3. The second-order valence-corrected chi connectivity index (χ2v) is 4.09. The Labute approximate surface area is 85.3 Å². The van der Waals surface area contributed by atoms with Gasteiger partial charge in [-0.25, -0.2) is 0 Å². The number of nitrogens with one attached hydrogen (secondary N) is 1. The van der Waals surface area contributed by atoms with E-state index in [9.17, 15) is 9.90 Å². The summed E-state index contributed by atoms with van der Waals surface area (Å²) in [5, 5.41) is 12.4. The average molecular weight is 200 g/mol. The third-order valence-corrected chi connectivity index (χ3v) is 2.95. The summed E-state index contributed by atoms with van der Waals surface area (Å²) in [6.07, 6.45) is 0.412. The number of amides is 1. The molecule has 0 bridgehead atoms. The van der Waals surface area contributed by atoms with Crippen LogP contribution in [0.15, 0.2) is 0 Å². The number of aliphatic hydroxyl groups is 1. The molecule has 0 aromatic rings. The Bertz CT molecular complexity index is 208. The lowest BCUT2D eigenvalue weighted by Gasteiger charge is -2.38. The second kappa shape index (κ2) is 4.75. The number of hydrogen-bond acceptors (Lipinski definition) is 3. The number of piperazine rings is 1. The molecule has 1 heterocycles. The number of aliphatic hydroxyl groups excluding tert-OH is 1. The Morgan fingerprint density at radius 2 is 2.29 bits per heavy atom. The number of nitrogens with zero attached hydrogens (tertiary/aromatic N) is 1. The fourth-order valence-electron chi connectivity index (χ4n) is 1.70. The highest BCUT2D eigenvalue weighted by atomic mass is 16.3. The van der Waals surface area contributed by atoms with Gasteiger partial charge in [-0.05, 0) is 20.3 Å². The van der Waals surface area contributed by atoms with Crippen molar-refractivity contribution in [3.63, 3.8) is 0 Å². The van der Waals surface area contributed by atoms with Gasteiger partial charge in [-0.3, -0.25) is 9.69 Å². The largest absolute Gasteiger partial charge is 0.392 e. The van der Waals surface area contributed by atoms with Gasteiger partial charge < -0.3 is 10.4 Å². The molecular formula is C10H20N2O2.